The van der Waals surface area contributed by atoms with Gasteiger partial charge >= 0.3 is 0 Å². The number of ether oxygens (including phenoxy) is 2. The number of carbonyl (C=O) groups is 2. The summed E-state index contributed by atoms with van der Waals surface area (Å²) < 4.78 is 10.7. The van der Waals surface area contributed by atoms with E-state index in [2.05, 4.69) is 10.3 Å². The molecule has 2 amide bonds. The van der Waals surface area contributed by atoms with Crippen LogP contribution in [0.1, 0.15) is 16.9 Å². The van der Waals surface area contributed by atoms with E-state index in [-0.39, 0.29) is 24.3 Å². The van der Waals surface area contributed by atoms with Crippen LogP contribution in [-0.2, 0) is 9.53 Å². The highest BCUT2D eigenvalue weighted by molar-refractivity contribution is 5.99. The van der Waals surface area contributed by atoms with Crippen LogP contribution >= 0.6 is 0 Å². The second-order valence-electron chi connectivity index (χ2n) is 6.98. The number of methoxy groups -OCH3 is 1. The minimum Gasteiger partial charge on any atom is -0.497 e. The molecule has 2 N–H and O–H groups in total. The van der Waals surface area contributed by atoms with Crippen LogP contribution in [-0.4, -0.2) is 54.6 Å². The number of aromatic amines is 1. The molecule has 1 atom stereocenters. The molecule has 0 unspecified atom stereocenters. The molecule has 2 aromatic carbocycles. The monoisotopic (exact) mass is 393 g/mol. The van der Waals surface area contributed by atoms with Gasteiger partial charge < -0.3 is 24.7 Å². The fourth-order valence-corrected chi connectivity index (χ4v) is 3.53. The first-order valence-electron chi connectivity index (χ1n) is 9.54. The second-order valence-corrected chi connectivity index (χ2v) is 6.98. The van der Waals surface area contributed by atoms with Crippen molar-refractivity contribution in [2.24, 2.45) is 0 Å². The van der Waals surface area contributed by atoms with E-state index >= 15 is 0 Å². The Morgan fingerprint density at radius 3 is 2.76 bits per heavy atom. The van der Waals surface area contributed by atoms with Gasteiger partial charge in [0, 0.05) is 29.6 Å². The van der Waals surface area contributed by atoms with Crippen molar-refractivity contribution in [3.63, 3.8) is 0 Å². The van der Waals surface area contributed by atoms with Gasteiger partial charge in [-0.25, -0.2) is 0 Å². The Morgan fingerprint density at radius 2 is 2.00 bits per heavy atom. The van der Waals surface area contributed by atoms with E-state index < -0.39 is 0 Å². The summed E-state index contributed by atoms with van der Waals surface area (Å²) in [7, 11) is 1.59. The zero-order valence-electron chi connectivity index (χ0n) is 16.2. The van der Waals surface area contributed by atoms with Gasteiger partial charge in [-0.3, -0.25) is 9.59 Å². The summed E-state index contributed by atoms with van der Waals surface area (Å²) in [6, 6.07) is 16.4. The van der Waals surface area contributed by atoms with Crippen molar-refractivity contribution < 1.29 is 19.1 Å². The van der Waals surface area contributed by atoms with E-state index in [0.717, 1.165) is 16.7 Å². The van der Waals surface area contributed by atoms with Crippen molar-refractivity contribution in [1.82, 2.24) is 9.88 Å². The van der Waals surface area contributed by atoms with Crippen LogP contribution in [0.25, 0.3) is 10.9 Å². The molecule has 7 nitrogen and oxygen atoms in total. The van der Waals surface area contributed by atoms with E-state index in [4.69, 9.17) is 9.47 Å². The molecule has 1 fully saturated rings. The number of hydrogen-bond donors (Lipinski definition) is 2. The van der Waals surface area contributed by atoms with Gasteiger partial charge in [-0.05, 0) is 36.4 Å². The van der Waals surface area contributed by atoms with Crippen LogP contribution in [0, 0.1) is 0 Å². The Kier molecular flexibility index (Phi) is 5.48. The highest BCUT2D eigenvalue weighted by Crippen LogP contribution is 2.20. The summed E-state index contributed by atoms with van der Waals surface area (Å²) in [6.45, 7) is 1.25. The Balaban J connectivity index is 1.45. The molecule has 1 aliphatic rings. The number of para-hydroxylation sites is 1. The maximum absolute atomic E-state index is 13.1. The molecule has 1 aromatic heterocycles. The number of fused-ring (bicyclic) bond motifs is 1. The van der Waals surface area contributed by atoms with Crippen LogP contribution in [0.5, 0.6) is 5.75 Å². The van der Waals surface area contributed by atoms with Gasteiger partial charge in [-0.15, -0.1) is 0 Å². The van der Waals surface area contributed by atoms with Crippen LogP contribution in [0.4, 0.5) is 5.69 Å². The van der Waals surface area contributed by atoms with Crippen LogP contribution < -0.4 is 10.1 Å². The molecule has 0 saturated carbocycles. The molecular formula is C22H23N3O4. The standard InChI is InChI=1S/C22H23N3O4/c1-28-18-8-6-16(7-9-18)23-21(26)13-17-14-29-11-10-25(17)22(27)20-12-15-4-2-3-5-19(15)24-20/h2-9,12,17,24H,10-11,13-14H2,1H3,(H,23,26)/t17-/m1/s1. The Morgan fingerprint density at radius 1 is 1.21 bits per heavy atom. The number of aromatic nitrogens is 1. The average molecular weight is 393 g/mol. The molecule has 4 rings (SSSR count). The fraction of sp³-hybridized carbons (Fsp3) is 0.273. The van der Waals surface area contributed by atoms with Crippen LogP contribution in [0.3, 0.4) is 0 Å². The van der Waals surface area contributed by atoms with Crippen molar-refractivity contribution in [3.05, 3.63) is 60.3 Å². The zero-order chi connectivity index (χ0) is 20.2. The molecule has 0 aliphatic carbocycles. The Bertz CT molecular complexity index is 979. The van der Waals surface area contributed by atoms with Gasteiger partial charge in [0.1, 0.15) is 11.4 Å². The van der Waals surface area contributed by atoms with E-state index in [1.54, 1.807) is 36.3 Å². The van der Waals surface area contributed by atoms with Gasteiger partial charge in [0.05, 0.1) is 26.4 Å². The summed E-state index contributed by atoms with van der Waals surface area (Å²) in [4.78, 5) is 30.5. The number of benzene rings is 2. The maximum atomic E-state index is 13.1. The summed E-state index contributed by atoms with van der Waals surface area (Å²) in [5.41, 5.74) is 2.12. The van der Waals surface area contributed by atoms with Crippen molar-refractivity contribution in [2.75, 3.05) is 32.2 Å². The van der Waals surface area contributed by atoms with E-state index in [1.807, 2.05) is 30.3 Å². The summed E-state index contributed by atoms with van der Waals surface area (Å²) in [6.07, 6.45) is 0.165. The topological polar surface area (TPSA) is 83.7 Å². The molecule has 7 heteroatoms. The van der Waals surface area contributed by atoms with Gasteiger partial charge in [-0.2, -0.15) is 0 Å². The number of rotatable bonds is 5. The number of anilines is 1. The number of hydrogen-bond acceptors (Lipinski definition) is 4. The summed E-state index contributed by atoms with van der Waals surface area (Å²) in [5.74, 6) is 0.436. The molecule has 150 valence electrons. The second kappa shape index (κ2) is 8.36. The quantitative estimate of drug-likeness (QED) is 0.698. The minimum absolute atomic E-state index is 0.119. The lowest BCUT2D eigenvalue weighted by Crippen LogP contribution is -2.50. The lowest BCUT2D eigenvalue weighted by molar-refractivity contribution is -0.118. The largest absolute Gasteiger partial charge is 0.497 e. The smallest absolute Gasteiger partial charge is 0.270 e. The number of carbonyl (C=O) groups excluding carboxylic acids is 2. The zero-order valence-corrected chi connectivity index (χ0v) is 16.2. The Labute approximate surface area is 168 Å². The lowest BCUT2D eigenvalue weighted by atomic mass is 10.1. The normalized spacial score (nSPS) is 16.6. The number of H-pyrrole nitrogens is 1. The average Bonchev–Trinajstić information content (AvgIpc) is 3.18. The van der Waals surface area contributed by atoms with Crippen molar-refractivity contribution in [3.8, 4) is 5.75 Å². The molecule has 0 spiro atoms. The molecule has 3 aromatic rings. The van der Waals surface area contributed by atoms with Crippen molar-refractivity contribution in [2.45, 2.75) is 12.5 Å². The van der Waals surface area contributed by atoms with E-state index in [1.165, 1.54) is 0 Å². The lowest BCUT2D eigenvalue weighted by Gasteiger charge is -2.35. The third-order valence-corrected chi connectivity index (χ3v) is 5.04. The third-order valence-electron chi connectivity index (χ3n) is 5.04. The molecule has 1 aliphatic heterocycles. The molecule has 0 bridgehead atoms. The third kappa shape index (κ3) is 4.25. The van der Waals surface area contributed by atoms with Gasteiger partial charge in [0.15, 0.2) is 0 Å². The number of morpholine rings is 1. The number of nitrogens with zero attached hydrogens (tertiary/aromatic N) is 1. The molecule has 2 heterocycles. The summed E-state index contributed by atoms with van der Waals surface area (Å²) >= 11 is 0. The maximum Gasteiger partial charge on any atom is 0.270 e. The van der Waals surface area contributed by atoms with Gasteiger partial charge in [0.25, 0.3) is 5.91 Å². The molecule has 29 heavy (non-hydrogen) atoms. The number of amides is 2. The van der Waals surface area contributed by atoms with Gasteiger partial charge in [0.2, 0.25) is 5.91 Å². The SMILES string of the molecule is COc1ccc(NC(=O)C[C@@H]2COCCN2C(=O)c2cc3ccccc3[nH]2)cc1. The molecule has 0 radical (unpaired) electrons. The first kappa shape index (κ1) is 19.0. The highest BCUT2D eigenvalue weighted by atomic mass is 16.5. The van der Waals surface area contributed by atoms with Crippen molar-refractivity contribution >= 4 is 28.4 Å². The van der Waals surface area contributed by atoms with Gasteiger partial charge in [-0.1, -0.05) is 18.2 Å². The van der Waals surface area contributed by atoms with Crippen LogP contribution in [0.15, 0.2) is 54.6 Å². The Hall–Kier alpha value is -3.32. The molecule has 1 saturated heterocycles. The predicted octanol–water partition coefficient (Wildman–Crippen LogP) is 3.05. The van der Waals surface area contributed by atoms with E-state index in [9.17, 15) is 9.59 Å². The summed E-state index contributed by atoms with van der Waals surface area (Å²) in [5, 5.41) is 3.85. The van der Waals surface area contributed by atoms with E-state index in [0.29, 0.717) is 31.1 Å². The van der Waals surface area contributed by atoms with Crippen LogP contribution in [0.2, 0.25) is 0 Å². The fourth-order valence-electron chi connectivity index (χ4n) is 3.53. The highest BCUT2D eigenvalue weighted by Gasteiger charge is 2.30. The predicted molar refractivity (Wildman–Crippen MR) is 110 cm³/mol. The number of nitrogens with one attached hydrogen (secondary N) is 2. The first-order chi connectivity index (χ1) is 14.1. The molecular weight excluding hydrogens is 370 g/mol. The van der Waals surface area contributed by atoms with Crippen molar-refractivity contribution in [1.29, 1.82) is 0 Å². The minimum atomic E-state index is -0.319. The first-order valence-corrected chi connectivity index (χ1v) is 9.54.